The predicted octanol–water partition coefficient (Wildman–Crippen LogP) is 0.718. The second kappa shape index (κ2) is 5.55. The number of aliphatic hydroxyl groups is 1. The van der Waals surface area contributed by atoms with Gasteiger partial charge in [-0.1, -0.05) is 17.9 Å². The van der Waals surface area contributed by atoms with Gasteiger partial charge in [0.2, 0.25) is 0 Å². The van der Waals surface area contributed by atoms with E-state index in [1.54, 1.807) is 31.6 Å². The standard InChI is InChI=1S/C14H13FN2O2/c1-16-6-7-17(14(16)19)10-11-4-5-13(15)12(9-11)3-2-8-18/h4-7,9,18H,8,10H2,1H3. The second-order valence-corrected chi connectivity index (χ2v) is 4.09. The topological polar surface area (TPSA) is 47.2 Å². The zero-order chi connectivity index (χ0) is 13.8. The molecule has 4 nitrogen and oxygen atoms in total. The van der Waals surface area contributed by atoms with Gasteiger partial charge in [-0.05, 0) is 17.7 Å². The first-order valence-corrected chi connectivity index (χ1v) is 5.71. The fourth-order valence-corrected chi connectivity index (χ4v) is 1.73. The van der Waals surface area contributed by atoms with Crippen LogP contribution in [0.15, 0.2) is 35.4 Å². The molecule has 2 rings (SSSR count). The van der Waals surface area contributed by atoms with Crippen molar-refractivity contribution in [2.75, 3.05) is 6.61 Å². The number of hydrogen-bond donors (Lipinski definition) is 1. The fourth-order valence-electron chi connectivity index (χ4n) is 1.73. The van der Waals surface area contributed by atoms with Crippen LogP contribution in [0.25, 0.3) is 0 Å². The number of nitrogens with zero attached hydrogens (tertiary/aromatic N) is 2. The van der Waals surface area contributed by atoms with Crippen molar-refractivity contribution in [3.05, 3.63) is 58.0 Å². The van der Waals surface area contributed by atoms with Crippen molar-refractivity contribution in [2.45, 2.75) is 6.54 Å². The van der Waals surface area contributed by atoms with Gasteiger partial charge in [-0.25, -0.2) is 9.18 Å². The maximum absolute atomic E-state index is 13.5. The van der Waals surface area contributed by atoms with E-state index in [0.717, 1.165) is 5.56 Å². The SMILES string of the molecule is Cn1ccn(Cc2ccc(F)c(C#CCO)c2)c1=O. The average Bonchev–Trinajstić information content (AvgIpc) is 2.71. The summed E-state index contributed by atoms with van der Waals surface area (Å²) in [6, 6.07) is 4.50. The van der Waals surface area contributed by atoms with E-state index in [0.29, 0.717) is 6.54 Å². The third-order valence-electron chi connectivity index (χ3n) is 2.70. The molecule has 0 spiro atoms. The van der Waals surface area contributed by atoms with E-state index < -0.39 is 5.82 Å². The van der Waals surface area contributed by atoms with Gasteiger partial charge in [0, 0.05) is 19.4 Å². The van der Waals surface area contributed by atoms with Crippen LogP contribution in [0.3, 0.4) is 0 Å². The summed E-state index contributed by atoms with van der Waals surface area (Å²) in [5, 5.41) is 8.62. The average molecular weight is 260 g/mol. The number of imidazole rings is 1. The molecule has 0 fully saturated rings. The Hall–Kier alpha value is -2.32. The summed E-state index contributed by atoms with van der Waals surface area (Å²) in [5.41, 5.74) is 0.861. The number of rotatable bonds is 2. The Morgan fingerprint density at radius 2 is 2.16 bits per heavy atom. The highest BCUT2D eigenvalue weighted by Gasteiger charge is 2.04. The molecule has 0 aliphatic rings. The molecule has 5 heteroatoms. The van der Waals surface area contributed by atoms with Crippen molar-refractivity contribution in [1.82, 2.24) is 9.13 Å². The normalized spacial score (nSPS) is 10.1. The van der Waals surface area contributed by atoms with Crippen molar-refractivity contribution in [2.24, 2.45) is 7.05 Å². The molecule has 1 aromatic heterocycles. The number of hydrogen-bond acceptors (Lipinski definition) is 2. The van der Waals surface area contributed by atoms with Gasteiger partial charge < -0.3 is 9.67 Å². The Morgan fingerprint density at radius 1 is 1.37 bits per heavy atom. The molecule has 0 saturated carbocycles. The van der Waals surface area contributed by atoms with Gasteiger partial charge in [0.05, 0.1) is 12.1 Å². The lowest BCUT2D eigenvalue weighted by atomic mass is 10.1. The summed E-state index contributed by atoms with van der Waals surface area (Å²) in [6.07, 6.45) is 3.34. The van der Waals surface area contributed by atoms with E-state index >= 15 is 0 Å². The van der Waals surface area contributed by atoms with Crippen LogP contribution in [-0.2, 0) is 13.6 Å². The zero-order valence-electron chi connectivity index (χ0n) is 10.4. The monoisotopic (exact) mass is 260 g/mol. The van der Waals surface area contributed by atoms with Crippen molar-refractivity contribution in [1.29, 1.82) is 0 Å². The molecule has 0 unspecified atom stereocenters. The summed E-state index contributed by atoms with van der Waals surface area (Å²) < 4.78 is 16.5. The Balaban J connectivity index is 2.31. The largest absolute Gasteiger partial charge is 0.384 e. The summed E-state index contributed by atoms with van der Waals surface area (Å²) in [5.74, 6) is 4.51. The number of aryl methyl sites for hydroxylation is 1. The van der Waals surface area contributed by atoms with Gasteiger partial charge in [-0.3, -0.25) is 4.57 Å². The van der Waals surface area contributed by atoms with E-state index in [1.807, 2.05) is 0 Å². The molecule has 1 N–H and O–H groups in total. The van der Waals surface area contributed by atoms with Crippen molar-refractivity contribution < 1.29 is 9.50 Å². The Labute approximate surface area is 109 Å². The molecule has 1 heterocycles. The van der Waals surface area contributed by atoms with Crippen LogP contribution in [-0.4, -0.2) is 20.8 Å². The van der Waals surface area contributed by atoms with Gasteiger partial charge in [0.15, 0.2) is 0 Å². The smallest absolute Gasteiger partial charge is 0.328 e. The first kappa shape index (κ1) is 13.1. The molecular formula is C14H13FN2O2. The van der Waals surface area contributed by atoms with E-state index in [2.05, 4.69) is 11.8 Å². The zero-order valence-corrected chi connectivity index (χ0v) is 10.4. The minimum absolute atomic E-state index is 0.132. The summed E-state index contributed by atoms with van der Waals surface area (Å²) in [6.45, 7) is 0.0373. The summed E-state index contributed by atoms with van der Waals surface area (Å²) >= 11 is 0. The highest BCUT2D eigenvalue weighted by molar-refractivity contribution is 5.38. The van der Waals surface area contributed by atoms with Gasteiger partial charge in [0.1, 0.15) is 12.4 Å². The quantitative estimate of drug-likeness (QED) is 0.809. The van der Waals surface area contributed by atoms with Crippen LogP contribution in [0.5, 0.6) is 0 Å². The van der Waals surface area contributed by atoms with E-state index in [4.69, 9.17) is 5.11 Å². The molecule has 2 aromatic rings. The lowest BCUT2D eigenvalue weighted by Gasteiger charge is -2.03. The number of aliphatic hydroxyl groups excluding tert-OH is 1. The van der Waals surface area contributed by atoms with Crippen LogP contribution in [0.2, 0.25) is 0 Å². The van der Waals surface area contributed by atoms with Crippen LogP contribution < -0.4 is 5.69 Å². The van der Waals surface area contributed by atoms with Crippen molar-refractivity contribution in [3.8, 4) is 11.8 Å². The van der Waals surface area contributed by atoms with E-state index in [9.17, 15) is 9.18 Å². The molecular weight excluding hydrogens is 247 g/mol. The van der Waals surface area contributed by atoms with Gasteiger partial charge in [0.25, 0.3) is 0 Å². The van der Waals surface area contributed by atoms with Gasteiger partial charge >= 0.3 is 5.69 Å². The highest BCUT2D eigenvalue weighted by atomic mass is 19.1. The Kier molecular flexibility index (Phi) is 3.83. The Morgan fingerprint density at radius 3 is 2.79 bits per heavy atom. The van der Waals surface area contributed by atoms with Crippen molar-refractivity contribution in [3.63, 3.8) is 0 Å². The molecule has 0 amide bonds. The van der Waals surface area contributed by atoms with Crippen LogP contribution in [0.1, 0.15) is 11.1 Å². The van der Waals surface area contributed by atoms with Gasteiger partial charge in [-0.15, -0.1) is 0 Å². The lowest BCUT2D eigenvalue weighted by molar-refractivity contribution is 0.350. The second-order valence-electron chi connectivity index (χ2n) is 4.09. The van der Waals surface area contributed by atoms with Crippen LogP contribution in [0, 0.1) is 17.7 Å². The molecule has 98 valence electrons. The summed E-state index contributed by atoms with van der Waals surface area (Å²) in [4.78, 5) is 11.7. The Bertz CT molecular complexity index is 704. The molecule has 0 radical (unpaired) electrons. The van der Waals surface area contributed by atoms with Crippen molar-refractivity contribution >= 4 is 0 Å². The minimum Gasteiger partial charge on any atom is -0.384 e. The number of benzene rings is 1. The molecule has 0 aliphatic heterocycles. The molecule has 0 aliphatic carbocycles. The first-order valence-electron chi connectivity index (χ1n) is 5.71. The first-order chi connectivity index (χ1) is 9.11. The maximum atomic E-state index is 13.5. The fraction of sp³-hybridized carbons (Fsp3) is 0.214. The molecule has 0 atom stereocenters. The van der Waals surface area contributed by atoms with Crippen LogP contribution in [0.4, 0.5) is 4.39 Å². The van der Waals surface area contributed by atoms with E-state index in [-0.39, 0.29) is 17.9 Å². The molecule has 19 heavy (non-hydrogen) atoms. The molecule has 0 bridgehead atoms. The highest BCUT2D eigenvalue weighted by Crippen LogP contribution is 2.10. The predicted molar refractivity (Wildman–Crippen MR) is 69.1 cm³/mol. The van der Waals surface area contributed by atoms with E-state index in [1.165, 1.54) is 15.2 Å². The lowest BCUT2D eigenvalue weighted by Crippen LogP contribution is -2.22. The minimum atomic E-state index is -0.440. The third-order valence-corrected chi connectivity index (χ3v) is 2.70. The number of aromatic nitrogens is 2. The number of halogens is 1. The summed E-state index contributed by atoms with van der Waals surface area (Å²) in [7, 11) is 1.67. The maximum Gasteiger partial charge on any atom is 0.328 e. The van der Waals surface area contributed by atoms with Gasteiger partial charge in [-0.2, -0.15) is 0 Å². The molecule has 1 aromatic carbocycles. The third kappa shape index (κ3) is 2.92. The van der Waals surface area contributed by atoms with Crippen LogP contribution >= 0.6 is 0 Å². The molecule has 0 saturated heterocycles.